The fourth-order valence-corrected chi connectivity index (χ4v) is 4.30. The molecule has 0 spiro atoms. The summed E-state index contributed by atoms with van der Waals surface area (Å²) in [7, 11) is 0. The van der Waals surface area contributed by atoms with Gasteiger partial charge in [0.05, 0.1) is 17.8 Å². The van der Waals surface area contributed by atoms with E-state index in [-0.39, 0.29) is 18.4 Å². The zero-order valence-corrected chi connectivity index (χ0v) is 17.9. The Balaban J connectivity index is 2.10. The fourth-order valence-electron chi connectivity index (χ4n) is 4.30. The quantitative estimate of drug-likeness (QED) is 0.155. The highest BCUT2D eigenvalue weighted by Gasteiger charge is 2.61. The lowest BCUT2D eigenvalue weighted by atomic mass is 9.74. The van der Waals surface area contributed by atoms with Gasteiger partial charge in [-0.15, -0.1) is 0 Å². The van der Waals surface area contributed by atoms with Crippen LogP contribution < -0.4 is 0 Å². The van der Waals surface area contributed by atoms with E-state index in [0.29, 0.717) is 0 Å². The molecule has 0 saturated heterocycles. The average molecular weight is 504 g/mol. The van der Waals surface area contributed by atoms with E-state index in [1.54, 1.807) is 0 Å². The SMILES string of the molecule is C=C(C)C(=O)OCCOC(=O)C1C2CC(CC2C(=O)OCC(F)(F)F)C1C(=O)OCC(F)(F)F. The highest BCUT2D eigenvalue weighted by Crippen LogP contribution is 2.56. The van der Waals surface area contributed by atoms with Gasteiger partial charge < -0.3 is 18.9 Å². The molecule has 0 N–H and O–H groups in total. The lowest BCUT2D eigenvalue weighted by molar-refractivity contribution is -0.196. The summed E-state index contributed by atoms with van der Waals surface area (Å²) < 4.78 is 92.7. The topological polar surface area (TPSA) is 105 Å². The number of ether oxygens (including phenoxy) is 4. The number of hydrogen-bond donors (Lipinski definition) is 0. The second-order valence-corrected chi connectivity index (χ2v) is 8.08. The first-order chi connectivity index (χ1) is 15.6. The Bertz CT molecular complexity index is 821. The van der Waals surface area contributed by atoms with E-state index in [4.69, 9.17) is 9.47 Å². The summed E-state index contributed by atoms with van der Waals surface area (Å²) in [6, 6.07) is 0. The number of alkyl halides is 6. The van der Waals surface area contributed by atoms with Gasteiger partial charge in [-0.1, -0.05) is 6.58 Å². The first-order valence-electron chi connectivity index (χ1n) is 10.1. The Hall–Kier alpha value is -2.80. The van der Waals surface area contributed by atoms with E-state index < -0.39 is 92.2 Å². The first kappa shape index (κ1) is 27.4. The van der Waals surface area contributed by atoms with Crippen LogP contribution in [0, 0.1) is 29.6 Å². The molecule has 0 heterocycles. The summed E-state index contributed by atoms with van der Waals surface area (Å²) in [4.78, 5) is 48.5. The maximum absolute atomic E-state index is 12.7. The van der Waals surface area contributed by atoms with Crippen LogP contribution in [0.25, 0.3) is 0 Å². The van der Waals surface area contributed by atoms with Gasteiger partial charge in [0.25, 0.3) is 0 Å². The largest absolute Gasteiger partial charge is 0.462 e. The van der Waals surface area contributed by atoms with Crippen LogP contribution in [0.5, 0.6) is 0 Å². The number of carbonyl (C=O) groups excluding carboxylic acids is 4. The molecule has 5 atom stereocenters. The van der Waals surface area contributed by atoms with E-state index in [0.717, 1.165) is 0 Å². The smallest absolute Gasteiger partial charge is 0.422 e. The van der Waals surface area contributed by atoms with Crippen molar-refractivity contribution in [3.8, 4) is 0 Å². The highest BCUT2D eigenvalue weighted by atomic mass is 19.4. The van der Waals surface area contributed by atoms with Crippen molar-refractivity contribution in [2.24, 2.45) is 29.6 Å². The van der Waals surface area contributed by atoms with Crippen molar-refractivity contribution in [1.82, 2.24) is 0 Å². The molecular formula is C20H22F6O8. The molecule has 0 aromatic carbocycles. The number of fused-ring (bicyclic) bond motifs is 2. The van der Waals surface area contributed by atoms with Gasteiger partial charge in [0, 0.05) is 5.57 Å². The van der Waals surface area contributed by atoms with Gasteiger partial charge in [-0.3, -0.25) is 14.4 Å². The van der Waals surface area contributed by atoms with E-state index in [1.807, 2.05) is 0 Å². The summed E-state index contributed by atoms with van der Waals surface area (Å²) in [5.41, 5.74) is 0.0760. The molecule has 2 rings (SSSR count). The molecule has 14 heteroatoms. The molecule has 192 valence electrons. The molecule has 0 aliphatic heterocycles. The normalized spacial score (nSPS) is 26.0. The Morgan fingerprint density at radius 2 is 1.26 bits per heavy atom. The van der Waals surface area contributed by atoms with Crippen LogP contribution in [0.4, 0.5) is 26.3 Å². The van der Waals surface area contributed by atoms with Gasteiger partial charge >= 0.3 is 36.2 Å². The zero-order valence-electron chi connectivity index (χ0n) is 17.9. The Morgan fingerprint density at radius 1 is 0.765 bits per heavy atom. The lowest BCUT2D eigenvalue weighted by Crippen LogP contribution is -2.43. The molecule has 5 unspecified atom stereocenters. The number of carbonyl (C=O) groups is 4. The van der Waals surface area contributed by atoms with Gasteiger partial charge in [0.15, 0.2) is 13.2 Å². The van der Waals surface area contributed by atoms with E-state index in [2.05, 4.69) is 16.1 Å². The second kappa shape index (κ2) is 10.6. The van der Waals surface area contributed by atoms with Crippen molar-refractivity contribution in [2.75, 3.05) is 26.4 Å². The molecule has 2 bridgehead atoms. The van der Waals surface area contributed by atoms with E-state index in [1.165, 1.54) is 6.92 Å². The predicted octanol–water partition coefficient (Wildman–Crippen LogP) is 2.75. The molecule has 2 aliphatic carbocycles. The van der Waals surface area contributed by atoms with Crippen molar-refractivity contribution < 1.29 is 64.5 Å². The third-order valence-corrected chi connectivity index (χ3v) is 5.52. The van der Waals surface area contributed by atoms with Crippen molar-refractivity contribution in [1.29, 1.82) is 0 Å². The Labute approximate surface area is 189 Å². The monoisotopic (exact) mass is 504 g/mol. The van der Waals surface area contributed by atoms with Gasteiger partial charge in [-0.05, 0) is 31.6 Å². The lowest BCUT2D eigenvalue weighted by Gasteiger charge is -2.32. The predicted molar refractivity (Wildman–Crippen MR) is 97.4 cm³/mol. The van der Waals surface area contributed by atoms with Crippen LogP contribution in [0.1, 0.15) is 19.8 Å². The minimum atomic E-state index is -4.82. The van der Waals surface area contributed by atoms with Gasteiger partial charge in [0.1, 0.15) is 13.2 Å². The summed E-state index contributed by atoms with van der Waals surface area (Å²) in [6.45, 7) is 0.119. The number of rotatable bonds is 9. The molecule has 0 amide bonds. The van der Waals surface area contributed by atoms with Gasteiger partial charge in [-0.25, -0.2) is 4.79 Å². The van der Waals surface area contributed by atoms with Crippen LogP contribution in [0.2, 0.25) is 0 Å². The van der Waals surface area contributed by atoms with Gasteiger partial charge in [-0.2, -0.15) is 26.3 Å². The highest BCUT2D eigenvalue weighted by molar-refractivity contribution is 5.87. The molecule has 2 fully saturated rings. The average Bonchev–Trinajstić information content (AvgIpc) is 3.30. The summed E-state index contributed by atoms with van der Waals surface area (Å²) in [5, 5.41) is 0. The van der Waals surface area contributed by atoms with E-state index >= 15 is 0 Å². The number of halogens is 6. The molecule has 8 nitrogen and oxygen atoms in total. The second-order valence-electron chi connectivity index (χ2n) is 8.08. The minimum Gasteiger partial charge on any atom is -0.462 e. The van der Waals surface area contributed by atoms with E-state index in [9.17, 15) is 45.5 Å². The van der Waals surface area contributed by atoms with Crippen LogP contribution in [0.15, 0.2) is 12.2 Å². The maximum atomic E-state index is 12.7. The molecule has 2 aliphatic rings. The van der Waals surface area contributed by atoms with Crippen molar-refractivity contribution in [2.45, 2.75) is 32.1 Å². The van der Waals surface area contributed by atoms with Crippen molar-refractivity contribution in [3.63, 3.8) is 0 Å². The third kappa shape index (κ3) is 7.35. The summed E-state index contributed by atoms with van der Waals surface area (Å²) >= 11 is 0. The zero-order chi connectivity index (χ0) is 25.8. The fraction of sp³-hybridized carbons (Fsp3) is 0.700. The maximum Gasteiger partial charge on any atom is 0.422 e. The first-order valence-corrected chi connectivity index (χ1v) is 10.1. The summed E-state index contributed by atoms with van der Waals surface area (Å²) in [5.74, 6) is -10.2. The van der Waals surface area contributed by atoms with Crippen molar-refractivity contribution in [3.05, 3.63) is 12.2 Å². The van der Waals surface area contributed by atoms with Crippen molar-refractivity contribution >= 4 is 23.9 Å². The van der Waals surface area contributed by atoms with Crippen LogP contribution in [0.3, 0.4) is 0 Å². The van der Waals surface area contributed by atoms with Crippen LogP contribution in [-0.4, -0.2) is 62.7 Å². The van der Waals surface area contributed by atoms with Gasteiger partial charge in [0.2, 0.25) is 0 Å². The Kier molecular flexibility index (Phi) is 8.59. The molecule has 34 heavy (non-hydrogen) atoms. The standard InChI is InChI=1S/C20H22F6O8/c1-9(2)15(27)31-3-4-32-18(30)14-11-5-10(13(14)17(29)34-8-20(24,25)26)6-12(11)16(28)33-7-19(21,22)23/h10-14H,1,3-8H2,2H3. The van der Waals surface area contributed by atoms with Crippen LogP contribution in [-0.2, 0) is 38.1 Å². The molecule has 0 radical (unpaired) electrons. The minimum absolute atomic E-state index is 0.00196. The molecular weight excluding hydrogens is 482 g/mol. The number of hydrogen-bond acceptors (Lipinski definition) is 8. The molecule has 0 aromatic heterocycles. The molecule has 0 aromatic rings. The number of esters is 4. The van der Waals surface area contributed by atoms with Crippen LogP contribution >= 0.6 is 0 Å². The molecule has 2 saturated carbocycles. The third-order valence-electron chi connectivity index (χ3n) is 5.52. The summed E-state index contributed by atoms with van der Waals surface area (Å²) in [6.07, 6.45) is -9.76. The Morgan fingerprint density at radius 3 is 1.79 bits per heavy atom.